The molecule has 0 fully saturated rings. The van der Waals surface area contributed by atoms with Crippen LogP contribution in [0.4, 0.5) is 10.1 Å². The summed E-state index contributed by atoms with van der Waals surface area (Å²) in [6, 6.07) is 8.72. The molecule has 0 saturated heterocycles. The molecular formula is C14H7BrFN3O3. The zero-order valence-electron chi connectivity index (χ0n) is 10.8. The van der Waals surface area contributed by atoms with Crippen molar-refractivity contribution in [3.8, 4) is 11.4 Å². The molecule has 6 nitrogen and oxygen atoms in total. The molecule has 0 aliphatic carbocycles. The smallest absolute Gasteiger partial charge is 0.305 e. The van der Waals surface area contributed by atoms with Crippen molar-refractivity contribution in [3.05, 3.63) is 67.2 Å². The fourth-order valence-corrected chi connectivity index (χ4v) is 2.59. The van der Waals surface area contributed by atoms with Crippen LogP contribution in [0.15, 0.2) is 45.7 Å². The fraction of sp³-hybridized carbons (Fsp3) is 0. The maximum absolute atomic E-state index is 13.8. The first-order chi connectivity index (χ1) is 10.5. The van der Waals surface area contributed by atoms with Crippen molar-refractivity contribution in [1.29, 1.82) is 0 Å². The van der Waals surface area contributed by atoms with Crippen LogP contribution < -0.4 is 5.56 Å². The van der Waals surface area contributed by atoms with Crippen LogP contribution in [0.2, 0.25) is 0 Å². The Kier molecular flexibility index (Phi) is 3.45. The number of fused-ring (bicyclic) bond motifs is 1. The van der Waals surface area contributed by atoms with Gasteiger partial charge in [0.2, 0.25) is 5.82 Å². The minimum atomic E-state index is -1.00. The highest BCUT2D eigenvalue weighted by molar-refractivity contribution is 9.10. The van der Waals surface area contributed by atoms with Crippen molar-refractivity contribution >= 4 is 32.5 Å². The molecule has 0 spiro atoms. The molecular weight excluding hydrogens is 357 g/mol. The van der Waals surface area contributed by atoms with E-state index in [1.54, 1.807) is 24.3 Å². The van der Waals surface area contributed by atoms with Gasteiger partial charge in [0.25, 0.3) is 5.56 Å². The van der Waals surface area contributed by atoms with Crippen molar-refractivity contribution in [2.24, 2.45) is 0 Å². The number of halogens is 2. The number of H-pyrrole nitrogens is 1. The lowest BCUT2D eigenvalue weighted by Crippen LogP contribution is -2.09. The number of nitrogens with zero attached hydrogens (tertiary/aromatic N) is 2. The minimum absolute atomic E-state index is 0.129. The molecule has 0 bridgehead atoms. The van der Waals surface area contributed by atoms with Gasteiger partial charge in [-0.15, -0.1) is 0 Å². The summed E-state index contributed by atoms with van der Waals surface area (Å²) in [5, 5.41) is 11.1. The van der Waals surface area contributed by atoms with E-state index in [4.69, 9.17) is 0 Å². The Morgan fingerprint density at radius 2 is 2.00 bits per heavy atom. The third-order valence-corrected chi connectivity index (χ3v) is 3.76. The summed E-state index contributed by atoms with van der Waals surface area (Å²) in [5.74, 6) is -0.872. The minimum Gasteiger partial charge on any atom is -0.306 e. The second-order valence-corrected chi connectivity index (χ2v) is 5.33. The molecule has 0 aliphatic heterocycles. The van der Waals surface area contributed by atoms with Crippen LogP contribution in [0.5, 0.6) is 0 Å². The van der Waals surface area contributed by atoms with Crippen LogP contribution in [-0.2, 0) is 0 Å². The first kappa shape index (κ1) is 14.3. The number of nitro benzene ring substituents is 1. The van der Waals surface area contributed by atoms with E-state index in [1.165, 1.54) is 0 Å². The van der Waals surface area contributed by atoms with Crippen molar-refractivity contribution < 1.29 is 9.31 Å². The predicted molar refractivity (Wildman–Crippen MR) is 82.1 cm³/mol. The van der Waals surface area contributed by atoms with Gasteiger partial charge < -0.3 is 4.98 Å². The van der Waals surface area contributed by atoms with Crippen LogP contribution in [0.3, 0.4) is 0 Å². The van der Waals surface area contributed by atoms with Crippen molar-refractivity contribution in [2.45, 2.75) is 0 Å². The van der Waals surface area contributed by atoms with Crippen LogP contribution in [-0.4, -0.2) is 14.9 Å². The summed E-state index contributed by atoms with van der Waals surface area (Å²) in [4.78, 5) is 28.7. The molecule has 8 heteroatoms. The number of hydrogen-bond donors (Lipinski definition) is 1. The number of aromatic amines is 1. The zero-order valence-corrected chi connectivity index (χ0v) is 12.4. The van der Waals surface area contributed by atoms with Crippen LogP contribution in [0, 0.1) is 15.9 Å². The Bertz CT molecular complexity index is 971. The normalized spacial score (nSPS) is 10.8. The second kappa shape index (κ2) is 5.30. The Hall–Kier alpha value is -2.61. The van der Waals surface area contributed by atoms with E-state index in [0.29, 0.717) is 10.9 Å². The molecule has 1 heterocycles. The van der Waals surface area contributed by atoms with E-state index in [0.717, 1.165) is 12.1 Å². The van der Waals surface area contributed by atoms with Gasteiger partial charge in [0.1, 0.15) is 5.82 Å². The molecule has 0 aliphatic rings. The molecule has 3 aromatic rings. The first-order valence-electron chi connectivity index (χ1n) is 6.10. The van der Waals surface area contributed by atoms with E-state index < -0.39 is 16.4 Å². The van der Waals surface area contributed by atoms with Crippen molar-refractivity contribution in [1.82, 2.24) is 9.97 Å². The molecule has 0 saturated carbocycles. The number of nitrogens with one attached hydrogen (secondary N) is 1. The van der Waals surface area contributed by atoms with Gasteiger partial charge in [-0.1, -0.05) is 12.1 Å². The second-order valence-electron chi connectivity index (χ2n) is 4.47. The largest absolute Gasteiger partial charge is 0.306 e. The number of hydrogen-bond acceptors (Lipinski definition) is 4. The summed E-state index contributed by atoms with van der Waals surface area (Å²) in [7, 11) is 0. The topological polar surface area (TPSA) is 88.9 Å². The summed E-state index contributed by atoms with van der Waals surface area (Å²) < 4.78 is 14.1. The van der Waals surface area contributed by atoms with Crippen molar-refractivity contribution in [3.63, 3.8) is 0 Å². The SMILES string of the molecule is O=c1[nH]c(-c2cc(F)c([N+](=O)[O-])cc2Br)nc2ccccc12. The predicted octanol–water partition coefficient (Wildman–Crippen LogP) is 3.40. The summed E-state index contributed by atoms with van der Waals surface area (Å²) in [6.45, 7) is 0. The third kappa shape index (κ3) is 2.37. The Morgan fingerprint density at radius 1 is 1.27 bits per heavy atom. The van der Waals surface area contributed by atoms with E-state index in [2.05, 4.69) is 25.9 Å². The van der Waals surface area contributed by atoms with Crippen molar-refractivity contribution in [2.75, 3.05) is 0 Å². The number of nitro groups is 1. The average Bonchev–Trinajstić information content (AvgIpc) is 2.49. The first-order valence-corrected chi connectivity index (χ1v) is 6.89. The lowest BCUT2D eigenvalue weighted by Gasteiger charge is -2.06. The highest BCUT2D eigenvalue weighted by Gasteiger charge is 2.19. The van der Waals surface area contributed by atoms with Gasteiger partial charge in [0.05, 0.1) is 15.8 Å². The Labute approximate surface area is 130 Å². The van der Waals surface area contributed by atoms with E-state index in [-0.39, 0.29) is 21.4 Å². The molecule has 0 radical (unpaired) electrons. The molecule has 3 rings (SSSR count). The summed E-state index contributed by atoms with van der Waals surface area (Å²) in [5.41, 5.74) is -0.345. The van der Waals surface area contributed by atoms with Gasteiger partial charge in [-0.25, -0.2) is 4.98 Å². The number of benzene rings is 2. The van der Waals surface area contributed by atoms with Gasteiger partial charge >= 0.3 is 5.69 Å². The number of aromatic nitrogens is 2. The molecule has 0 atom stereocenters. The average molecular weight is 364 g/mol. The van der Waals surface area contributed by atoms with Crippen LogP contribution >= 0.6 is 15.9 Å². The lowest BCUT2D eigenvalue weighted by molar-refractivity contribution is -0.387. The summed E-state index contributed by atoms with van der Waals surface area (Å²) in [6.07, 6.45) is 0. The molecule has 2 aromatic carbocycles. The molecule has 1 N–H and O–H groups in total. The van der Waals surface area contributed by atoms with E-state index in [1.807, 2.05) is 0 Å². The maximum atomic E-state index is 13.8. The Morgan fingerprint density at radius 3 is 2.73 bits per heavy atom. The molecule has 110 valence electrons. The van der Waals surface area contributed by atoms with E-state index in [9.17, 15) is 19.3 Å². The molecule has 22 heavy (non-hydrogen) atoms. The molecule has 0 unspecified atom stereocenters. The Balaban J connectivity index is 2.26. The zero-order chi connectivity index (χ0) is 15.9. The quantitative estimate of drug-likeness (QED) is 0.558. The highest BCUT2D eigenvalue weighted by Crippen LogP contribution is 2.31. The number of rotatable bonds is 2. The van der Waals surface area contributed by atoms with Gasteiger partial charge in [-0.3, -0.25) is 14.9 Å². The fourth-order valence-electron chi connectivity index (χ4n) is 2.07. The maximum Gasteiger partial charge on any atom is 0.305 e. The summed E-state index contributed by atoms with van der Waals surface area (Å²) >= 11 is 3.14. The standard InChI is InChI=1S/C14H7BrFN3O3/c15-9-6-12(19(21)22)10(16)5-8(9)13-17-11-4-2-1-3-7(11)14(20)18-13/h1-6H,(H,17,18,20). The lowest BCUT2D eigenvalue weighted by atomic mass is 10.1. The van der Waals surface area contributed by atoms with Gasteiger partial charge in [-0.05, 0) is 34.1 Å². The van der Waals surface area contributed by atoms with E-state index >= 15 is 0 Å². The van der Waals surface area contributed by atoms with Gasteiger partial charge in [0.15, 0.2) is 0 Å². The van der Waals surface area contributed by atoms with Crippen LogP contribution in [0.25, 0.3) is 22.3 Å². The van der Waals surface area contributed by atoms with Crippen LogP contribution in [0.1, 0.15) is 0 Å². The third-order valence-electron chi connectivity index (χ3n) is 3.10. The molecule has 1 aromatic heterocycles. The number of para-hydroxylation sites is 1. The van der Waals surface area contributed by atoms with Gasteiger partial charge in [-0.2, -0.15) is 4.39 Å². The molecule has 0 amide bonds. The highest BCUT2D eigenvalue weighted by atomic mass is 79.9. The van der Waals surface area contributed by atoms with Gasteiger partial charge in [0, 0.05) is 16.1 Å². The monoisotopic (exact) mass is 363 g/mol.